The zero-order chi connectivity index (χ0) is 9.64. The van der Waals surface area contributed by atoms with Crippen molar-refractivity contribution in [3.8, 4) is 0 Å². The largest absolute Gasteiger partial charge is 0.327 e. The highest BCUT2D eigenvalue weighted by molar-refractivity contribution is 9.10. The summed E-state index contributed by atoms with van der Waals surface area (Å²) in [5.74, 6) is -0.162. The van der Waals surface area contributed by atoms with Crippen LogP contribution in [0.5, 0.6) is 0 Å². The minimum Gasteiger partial charge on any atom is -0.327 e. The molecule has 0 aromatic heterocycles. The van der Waals surface area contributed by atoms with Gasteiger partial charge in [-0.25, -0.2) is 4.39 Å². The third kappa shape index (κ3) is 1.40. The molecular weight excluding hydrogens is 233 g/mol. The quantitative estimate of drug-likeness (QED) is 0.807. The maximum Gasteiger partial charge on any atom is 0.128 e. The third-order valence-electron chi connectivity index (χ3n) is 2.85. The van der Waals surface area contributed by atoms with Crippen molar-refractivity contribution in [2.24, 2.45) is 5.73 Å². The Labute approximate surface area is 85.3 Å². The molecule has 1 aromatic carbocycles. The molecule has 13 heavy (non-hydrogen) atoms. The molecule has 0 amide bonds. The van der Waals surface area contributed by atoms with E-state index in [1.54, 1.807) is 0 Å². The summed E-state index contributed by atoms with van der Waals surface area (Å²) in [4.78, 5) is 0. The monoisotopic (exact) mass is 243 g/mol. The highest BCUT2D eigenvalue weighted by atomic mass is 79.9. The van der Waals surface area contributed by atoms with Crippen molar-refractivity contribution < 1.29 is 4.39 Å². The molecule has 1 fully saturated rings. The van der Waals surface area contributed by atoms with Gasteiger partial charge in [-0.2, -0.15) is 0 Å². The third-order valence-corrected chi connectivity index (χ3v) is 3.34. The molecule has 0 aliphatic heterocycles. The van der Waals surface area contributed by atoms with Crippen molar-refractivity contribution in [3.05, 3.63) is 34.1 Å². The second kappa shape index (κ2) is 2.79. The van der Waals surface area contributed by atoms with E-state index in [1.165, 1.54) is 6.07 Å². The molecule has 0 saturated heterocycles. The summed E-state index contributed by atoms with van der Waals surface area (Å²) < 4.78 is 14.2. The molecule has 1 nitrogen and oxygen atoms in total. The van der Waals surface area contributed by atoms with E-state index in [1.807, 2.05) is 19.1 Å². The number of benzene rings is 1. The van der Waals surface area contributed by atoms with E-state index in [9.17, 15) is 4.39 Å². The van der Waals surface area contributed by atoms with Gasteiger partial charge in [-0.1, -0.05) is 28.9 Å². The van der Waals surface area contributed by atoms with Crippen LogP contribution in [0, 0.1) is 5.82 Å². The van der Waals surface area contributed by atoms with Crippen molar-refractivity contribution in [2.45, 2.75) is 24.8 Å². The van der Waals surface area contributed by atoms with Crippen LogP contribution < -0.4 is 5.73 Å². The average molecular weight is 244 g/mol. The van der Waals surface area contributed by atoms with Crippen LogP contribution >= 0.6 is 15.9 Å². The molecule has 70 valence electrons. The van der Waals surface area contributed by atoms with E-state index >= 15 is 0 Å². The van der Waals surface area contributed by atoms with E-state index in [0.29, 0.717) is 0 Å². The molecule has 1 aliphatic rings. The lowest BCUT2D eigenvalue weighted by molar-refractivity contribution is 0.579. The summed E-state index contributed by atoms with van der Waals surface area (Å²) in [6, 6.07) is 5.27. The van der Waals surface area contributed by atoms with Crippen LogP contribution in [-0.4, -0.2) is 6.04 Å². The molecule has 0 spiro atoms. The predicted octanol–water partition coefficient (Wildman–Crippen LogP) is 2.58. The average Bonchev–Trinajstić information content (AvgIpc) is 2.59. The van der Waals surface area contributed by atoms with Crippen molar-refractivity contribution >= 4 is 15.9 Å². The van der Waals surface area contributed by atoms with E-state index in [2.05, 4.69) is 15.9 Å². The second-order valence-corrected chi connectivity index (χ2v) is 4.77. The molecule has 3 heteroatoms. The minimum atomic E-state index is -0.162. The standard InChI is InChI=1S/C10H11BrFN/c1-10(5-9(10)13)7-3-2-6(11)4-8(7)12/h2-4,9H,5,13H2,1H3. The van der Waals surface area contributed by atoms with E-state index in [-0.39, 0.29) is 17.3 Å². The van der Waals surface area contributed by atoms with E-state index in [4.69, 9.17) is 5.73 Å². The van der Waals surface area contributed by atoms with Gasteiger partial charge in [-0.05, 0) is 24.1 Å². The minimum absolute atomic E-state index is 0.114. The Morgan fingerprint density at radius 3 is 2.69 bits per heavy atom. The van der Waals surface area contributed by atoms with Crippen LogP contribution in [0.25, 0.3) is 0 Å². The first kappa shape index (κ1) is 9.16. The van der Waals surface area contributed by atoms with Gasteiger partial charge in [0, 0.05) is 15.9 Å². The van der Waals surface area contributed by atoms with Crippen LogP contribution in [0.1, 0.15) is 18.9 Å². The number of hydrogen-bond donors (Lipinski definition) is 1. The van der Waals surface area contributed by atoms with Gasteiger partial charge in [0.05, 0.1) is 0 Å². The lowest BCUT2D eigenvalue weighted by Gasteiger charge is -2.11. The summed E-state index contributed by atoms with van der Waals surface area (Å²) in [6.45, 7) is 2.00. The second-order valence-electron chi connectivity index (χ2n) is 3.85. The molecule has 2 atom stereocenters. The predicted molar refractivity (Wildman–Crippen MR) is 54.0 cm³/mol. The molecule has 1 saturated carbocycles. The molecule has 0 bridgehead atoms. The molecule has 1 aliphatic carbocycles. The lowest BCUT2D eigenvalue weighted by atomic mass is 9.97. The zero-order valence-corrected chi connectivity index (χ0v) is 8.94. The van der Waals surface area contributed by atoms with Gasteiger partial charge in [0.2, 0.25) is 0 Å². The van der Waals surface area contributed by atoms with E-state index < -0.39 is 0 Å². The van der Waals surface area contributed by atoms with Gasteiger partial charge < -0.3 is 5.73 Å². The van der Waals surface area contributed by atoms with Crippen molar-refractivity contribution in [1.82, 2.24) is 0 Å². The SMILES string of the molecule is CC1(c2ccc(Br)cc2F)CC1N. The topological polar surface area (TPSA) is 26.0 Å². The Kier molecular flexibility index (Phi) is 1.96. The fraction of sp³-hybridized carbons (Fsp3) is 0.400. The Morgan fingerprint density at radius 1 is 1.62 bits per heavy atom. The van der Waals surface area contributed by atoms with Crippen LogP contribution in [0.3, 0.4) is 0 Å². The Bertz CT molecular complexity index is 353. The molecule has 0 heterocycles. The van der Waals surface area contributed by atoms with Gasteiger partial charge in [0.15, 0.2) is 0 Å². The smallest absolute Gasteiger partial charge is 0.128 e. The Balaban J connectivity index is 2.42. The highest BCUT2D eigenvalue weighted by Gasteiger charge is 2.50. The first-order chi connectivity index (χ1) is 6.04. The maximum absolute atomic E-state index is 13.5. The highest BCUT2D eigenvalue weighted by Crippen LogP contribution is 2.47. The fourth-order valence-corrected chi connectivity index (χ4v) is 1.99. The molecule has 2 rings (SSSR count). The zero-order valence-electron chi connectivity index (χ0n) is 7.35. The molecule has 2 unspecified atom stereocenters. The van der Waals surface area contributed by atoms with Crippen LogP contribution in [0.2, 0.25) is 0 Å². The number of halogens is 2. The maximum atomic E-state index is 13.5. The Morgan fingerprint density at radius 2 is 2.23 bits per heavy atom. The molecule has 0 radical (unpaired) electrons. The molecule has 1 aromatic rings. The molecular formula is C10H11BrFN. The van der Waals surface area contributed by atoms with Gasteiger partial charge in [0.25, 0.3) is 0 Å². The summed E-state index contributed by atoms with van der Waals surface area (Å²) in [5.41, 5.74) is 6.37. The van der Waals surface area contributed by atoms with Gasteiger partial charge in [-0.3, -0.25) is 0 Å². The van der Waals surface area contributed by atoms with Crippen molar-refractivity contribution in [1.29, 1.82) is 0 Å². The van der Waals surface area contributed by atoms with Crippen molar-refractivity contribution in [3.63, 3.8) is 0 Å². The van der Waals surface area contributed by atoms with Gasteiger partial charge >= 0.3 is 0 Å². The van der Waals surface area contributed by atoms with Crippen LogP contribution in [0.4, 0.5) is 4.39 Å². The summed E-state index contributed by atoms with van der Waals surface area (Å²) >= 11 is 3.23. The van der Waals surface area contributed by atoms with Gasteiger partial charge in [-0.15, -0.1) is 0 Å². The van der Waals surface area contributed by atoms with Crippen molar-refractivity contribution in [2.75, 3.05) is 0 Å². The normalized spacial score (nSPS) is 31.8. The van der Waals surface area contributed by atoms with Crippen LogP contribution in [-0.2, 0) is 5.41 Å². The number of hydrogen-bond acceptors (Lipinski definition) is 1. The Hall–Kier alpha value is -0.410. The van der Waals surface area contributed by atoms with E-state index in [0.717, 1.165) is 16.5 Å². The van der Waals surface area contributed by atoms with Gasteiger partial charge in [0.1, 0.15) is 5.82 Å². The number of nitrogens with two attached hydrogens (primary N) is 1. The lowest BCUT2D eigenvalue weighted by Crippen LogP contribution is -2.15. The first-order valence-corrected chi connectivity index (χ1v) is 5.04. The number of rotatable bonds is 1. The first-order valence-electron chi connectivity index (χ1n) is 4.25. The summed E-state index contributed by atoms with van der Waals surface area (Å²) in [6.07, 6.45) is 0.881. The molecule has 2 N–H and O–H groups in total. The fourth-order valence-electron chi connectivity index (χ4n) is 1.66. The summed E-state index contributed by atoms with van der Waals surface area (Å²) in [5, 5.41) is 0. The van der Waals surface area contributed by atoms with Crippen LogP contribution in [0.15, 0.2) is 22.7 Å². The summed E-state index contributed by atoms with van der Waals surface area (Å²) in [7, 11) is 0.